The molecule has 0 aliphatic heterocycles. The van der Waals surface area contributed by atoms with Gasteiger partial charge in [0.15, 0.2) is 5.88 Å². The van der Waals surface area contributed by atoms with E-state index in [-0.39, 0.29) is 0 Å². The van der Waals surface area contributed by atoms with Gasteiger partial charge in [0.05, 0.1) is 7.11 Å². The molecule has 0 spiro atoms. The highest BCUT2D eigenvalue weighted by atomic mass is 127. The van der Waals surface area contributed by atoms with E-state index in [2.05, 4.69) is 53.8 Å². The van der Waals surface area contributed by atoms with Gasteiger partial charge in [-0.3, -0.25) is 0 Å². The molecule has 25 heavy (non-hydrogen) atoms. The molecule has 4 nitrogen and oxygen atoms in total. The molecule has 6 heteroatoms. The monoisotopic (exact) mass is 467 g/mol. The SMILES string of the molecule is C=C(N=Cc1cc(I)ccc1Oc1ccc(OC)cc1)O[Si](C)(C)C. The topological polar surface area (TPSA) is 40.0 Å². The third-order valence-corrected chi connectivity index (χ3v) is 4.55. The zero-order valence-corrected chi connectivity index (χ0v) is 18.0. The van der Waals surface area contributed by atoms with Crippen molar-refractivity contribution in [2.45, 2.75) is 19.6 Å². The molecule has 0 saturated carbocycles. The Labute approximate surface area is 163 Å². The third kappa shape index (κ3) is 6.54. The second-order valence-corrected chi connectivity index (χ2v) is 12.0. The van der Waals surface area contributed by atoms with Crippen molar-refractivity contribution in [3.05, 3.63) is 64.1 Å². The van der Waals surface area contributed by atoms with Crippen LogP contribution in [0.25, 0.3) is 0 Å². The molecule has 0 aromatic heterocycles. The first-order valence-corrected chi connectivity index (χ1v) is 12.3. The van der Waals surface area contributed by atoms with Crippen LogP contribution in [0.5, 0.6) is 17.2 Å². The standard InChI is InChI=1S/C19H22INO3Si/c1-14(24-25(3,4)5)21-13-15-12-16(20)6-11-19(15)23-18-9-7-17(22-2)8-10-18/h6-13H,1H2,2-5H3. The molecule has 2 rings (SSSR count). The maximum Gasteiger partial charge on any atom is 0.244 e. The van der Waals surface area contributed by atoms with Gasteiger partial charge in [-0.15, -0.1) is 0 Å². The van der Waals surface area contributed by atoms with Crippen LogP contribution in [0.15, 0.2) is 59.9 Å². The molecule has 0 amide bonds. The van der Waals surface area contributed by atoms with Crippen molar-refractivity contribution in [2.24, 2.45) is 4.99 Å². The minimum Gasteiger partial charge on any atom is -0.532 e. The average molecular weight is 467 g/mol. The van der Waals surface area contributed by atoms with Crippen molar-refractivity contribution < 1.29 is 13.9 Å². The molecule has 0 fully saturated rings. The van der Waals surface area contributed by atoms with E-state index in [1.165, 1.54) is 0 Å². The number of halogens is 1. The Hall–Kier alpha value is -1.80. The maximum atomic E-state index is 5.99. The molecule has 0 N–H and O–H groups in total. The molecule has 0 unspecified atom stereocenters. The van der Waals surface area contributed by atoms with Crippen molar-refractivity contribution in [1.82, 2.24) is 0 Å². The van der Waals surface area contributed by atoms with Gasteiger partial charge in [0.1, 0.15) is 17.2 Å². The number of hydrogen-bond donors (Lipinski definition) is 0. The lowest BCUT2D eigenvalue weighted by atomic mass is 10.2. The van der Waals surface area contributed by atoms with Gasteiger partial charge in [0.25, 0.3) is 0 Å². The second-order valence-electron chi connectivity index (χ2n) is 6.33. The van der Waals surface area contributed by atoms with Gasteiger partial charge in [0.2, 0.25) is 8.32 Å². The van der Waals surface area contributed by atoms with Gasteiger partial charge in [0, 0.05) is 15.3 Å². The second kappa shape index (κ2) is 8.53. The highest BCUT2D eigenvalue weighted by Gasteiger charge is 2.16. The molecule has 0 radical (unpaired) electrons. The number of benzene rings is 2. The molecule has 2 aromatic rings. The Morgan fingerprint density at radius 1 is 1.08 bits per heavy atom. The lowest BCUT2D eigenvalue weighted by Crippen LogP contribution is -2.24. The number of nitrogens with zero attached hydrogens (tertiary/aromatic N) is 1. The van der Waals surface area contributed by atoms with Crippen molar-refractivity contribution in [3.8, 4) is 17.2 Å². The van der Waals surface area contributed by atoms with E-state index in [1.54, 1.807) is 13.3 Å². The number of methoxy groups -OCH3 is 1. The highest BCUT2D eigenvalue weighted by Crippen LogP contribution is 2.27. The largest absolute Gasteiger partial charge is 0.532 e. The lowest BCUT2D eigenvalue weighted by Gasteiger charge is -2.18. The van der Waals surface area contributed by atoms with Crippen LogP contribution in [-0.2, 0) is 4.43 Å². The summed E-state index contributed by atoms with van der Waals surface area (Å²) in [5, 5.41) is 0. The Balaban J connectivity index is 2.20. The van der Waals surface area contributed by atoms with Gasteiger partial charge in [-0.2, -0.15) is 0 Å². The fraction of sp³-hybridized carbons (Fsp3) is 0.211. The molecule has 0 saturated heterocycles. The van der Waals surface area contributed by atoms with E-state index in [1.807, 2.05) is 42.5 Å². The molecular formula is C19H22INO3Si. The van der Waals surface area contributed by atoms with Crippen LogP contribution >= 0.6 is 22.6 Å². The Morgan fingerprint density at radius 3 is 2.32 bits per heavy atom. The summed E-state index contributed by atoms with van der Waals surface area (Å²) in [6.45, 7) is 10.2. The van der Waals surface area contributed by atoms with Crippen LogP contribution in [0.4, 0.5) is 0 Å². The molecule has 0 atom stereocenters. The first-order chi connectivity index (χ1) is 11.8. The van der Waals surface area contributed by atoms with Crippen LogP contribution in [0.3, 0.4) is 0 Å². The van der Waals surface area contributed by atoms with Gasteiger partial charge >= 0.3 is 0 Å². The molecule has 0 bridgehead atoms. The lowest BCUT2D eigenvalue weighted by molar-refractivity contribution is 0.412. The van der Waals surface area contributed by atoms with Gasteiger partial charge in [-0.1, -0.05) is 0 Å². The fourth-order valence-electron chi connectivity index (χ4n) is 2.01. The molecular weight excluding hydrogens is 445 g/mol. The number of aliphatic imine (C=N–C) groups is 1. The van der Waals surface area contributed by atoms with Crippen LogP contribution < -0.4 is 9.47 Å². The third-order valence-electron chi connectivity index (χ3n) is 3.03. The van der Waals surface area contributed by atoms with Gasteiger partial charge < -0.3 is 13.9 Å². The maximum absolute atomic E-state index is 5.99. The van der Waals surface area contributed by atoms with E-state index in [4.69, 9.17) is 13.9 Å². The van der Waals surface area contributed by atoms with E-state index in [9.17, 15) is 0 Å². The average Bonchev–Trinajstić information content (AvgIpc) is 2.54. The summed E-state index contributed by atoms with van der Waals surface area (Å²) in [6.07, 6.45) is 1.73. The van der Waals surface area contributed by atoms with E-state index < -0.39 is 8.32 Å². The summed E-state index contributed by atoms with van der Waals surface area (Å²) >= 11 is 2.26. The van der Waals surface area contributed by atoms with Crippen LogP contribution in [0, 0.1) is 3.57 Å². The van der Waals surface area contributed by atoms with Gasteiger partial charge in [-0.05, 0) is 91.3 Å². The van der Waals surface area contributed by atoms with Crippen molar-refractivity contribution in [1.29, 1.82) is 0 Å². The Bertz CT molecular complexity index is 767. The normalized spacial score (nSPS) is 11.4. The van der Waals surface area contributed by atoms with E-state index in [0.29, 0.717) is 5.88 Å². The zero-order chi connectivity index (χ0) is 18.4. The van der Waals surface area contributed by atoms with Crippen LogP contribution in [-0.4, -0.2) is 21.6 Å². The van der Waals surface area contributed by atoms with Crippen molar-refractivity contribution >= 4 is 37.1 Å². The number of hydrogen-bond acceptors (Lipinski definition) is 4. The van der Waals surface area contributed by atoms with E-state index in [0.717, 1.165) is 26.4 Å². The summed E-state index contributed by atoms with van der Waals surface area (Å²) < 4.78 is 18.0. The highest BCUT2D eigenvalue weighted by molar-refractivity contribution is 14.1. The number of rotatable bonds is 7. The fourth-order valence-corrected chi connectivity index (χ4v) is 3.28. The first-order valence-electron chi connectivity index (χ1n) is 7.80. The summed E-state index contributed by atoms with van der Waals surface area (Å²) in [7, 11) is -0.0730. The minimum atomic E-state index is -1.71. The predicted molar refractivity (Wildman–Crippen MR) is 113 cm³/mol. The Kier molecular flexibility index (Phi) is 6.66. The quantitative estimate of drug-likeness (QED) is 0.223. The summed E-state index contributed by atoms with van der Waals surface area (Å²) in [4.78, 5) is 4.34. The summed E-state index contributed by atoms with van der Waals surface area (Å²) in [6, 6.07) is 13.4. The molecule has 0 aliphatic rings. The van der Waals surface area contributed by atoms with E-state index >= 15 is 0 Å². The van der Waals surface area contributed by atoms with Crippen LogP contribution in [0.1, 0.15) is 5.56 Å². The summed E-state index contributed by atoms with van der Waals surface area (Å²) in [5.74, 6) is 2.66. The molecule has 132 valence electrons. The zero-order valence-electron chi connectivity index (χ0n) is 14.9. The predicted octanol–water partition coefficient (Wildman–Crippen LogP) is 5.83. The minimum absolute atomic E-state index is 0.424. The molecule has 2 aromatic carbocycles. The first kappa shape index (κ1) is 19.5. The molecule has 0 aliphatic carbocycles. The van der Waals surface area contributed by atoms with Crippen molar-refractivity contribution in [3.63, 3.8) is 0 Å². The van der Waals surface area contributed by atoms with Crippen molar-refractivity contribution in [2.75, 3.05) is 7.11 Å². The summed E-state index contributed by atoms with van der Waals surface area (Å²) in [5.41, 5.74) is 0.864. The van der Waals surface area contributed by atoms with Gasteiger partial charge in [-0.25, -0.2) is 4.99 Å². The molecule has 0 heterocycles. The Morgan fingerprint density at radius 2 is 1.72 bits per heavy atom. The number of ether oxygens (including phenoxy) is 2. The smallest absolute Gasteiger partial charge is 0.244 e. The van der Waals surface area contributed by atoms with Crippen LogP contribution in [0.2, 0.25) is 19.6 Å².